The molecule has 0 aliphatic rings. The van der Waals surface area contributed by atoms with Gasteiger partial charge in [-0.25, -0.2) is 4.79 Å². The number of hydrogen-bond acceptors (Lipinski definition) is 5. The summed E-state index contributed by atoms with van der Waals surface area (Å²) in [4.78, 5) is 14.4. The normalized spacial score (nSPS) is 11.4. The van der Waals surface area contributed by atoms with Gasteiger partial charge in [-0.1, -0.05) is 16.8 Å². The van der Waals surface area contributed by atoms with Crippen molar-refractivity contribution in [3.63, 3.8) is 0 Å². The molecule has 0 amide bonds. The average Bonchev–Trinajstić information content (AvgIpc) is 2.86. The topological polar surface area (TPSA) is 65.2 Å². The van der Waals surface area contributed by atoms with Gasteiger partial charge in [0, 0.05) is 17.8 Å². The van der Waals surface area contributed by atoms with Crippen molar-refractivity contribution in [2.45, 2.75) is 6.18 Å². The van der Waals surface area contributed by atoms with E-state index in [-0.39, 0.29) is 22.0 Å². The second-order valence-electron chi connectivity index (χ2n) is 3.62. The molecule has 0 saturated carbocycles. The van der Waals surface area contributed by atoms with E-state index < -0.39 is 17.8 Å². The van der Waals surface area contributed by atoms with Crippen LogP contribution in [-0.4, -0.2) is 23.2 Å². The molecule has 5 nitrogen and oxygen atoms in total. The third-order valence-electron chi connectivity index (χ3n) is 2.32. The Labute approximate surface area is 115 Å². The fourth-order valence-corrected chi connectivity index (χ4v) is 1.58. The van der Waals surface area contributed by atoms with E-state index in [1.165, 1.54) is 0 Å². The van der Waals surface area contributed by atoms with Crippen LogP contribution in [0.25, 0.3) is 11.3 Å². The van der Waals surface area contributed by atoms with E-state index in [1.54, 1.807) is 0 Å². The second-order valence-corrected chi connectivity index (χ2v) is 4.02. The van der Waals surface area contributed by atoms with Crippen LogP contribution in [0.15, 0.2) is 22.9 Å². The molecule has 2 heterocycles. The van der Waals surface area contributed by atoms with Crippen molar-refractivity contribution >= 4 is 17.6 Å². The van der Waals surface area contributed by atoms with Gasteiger partial charge in [-0.3, -0.25) is 4.98 Å². The first-order chi connectivity index (χ1) is 9.32. The number of alkyl halides is 3. The minimum absolute atomic E-state index is 0.0643. The molecule has 0 saturated heterocycles. The van der Waals surface area contributed by atoms with Crippen LogP contribution < -0.4 is 0 Å². The Hall–Kier alpha value is -2.09. The van der Waals surface area contributed by atoms with E-state index in [4.69, 9.17) is 16.1 Å². The molecular formula is C11H6ClF3N2O3. The van der Waals surface area contributed by atoms with Crippen molar-refractivity contribution in [2.24, 2.45) is 0 Å². The Morgan fingerprint density at radius 1 is 1.40 bits per heavy atom. The number of halogens is 4. The molecule has 20 heavy (non-hydrogen) atoms. The number of ether oxygens (including phenoxy) is 1. The number of rotatable bonds is 2. The van der Waals surface area contributed by atoms with Gasteiger partial charge in [0.2, 0.25) is 0 Å². The van der Waals surface area contributed by atoms with Crippen LogP contribution in [0, 0.1) is 0 Å². The summed E-state index contributed by atoms with van der Waals surface area (Å²) >= 11 is 5.77. The molecule has 2 rings (SSSR count). The van der Waals surface area contributed by atoms with E-state index in [0.29, 0.717) is 6.07 Å². The van der Waals surface area contributed by atoms with Gasteiger partial charge in [-0.05, 0) is 6.07 Å². The summed E-state index contributed by atoms with van der Waals surface area (Å²) in [5.41, 5.74) is -1.38. The quantitative estimate of drug-likeness (QED) is 0.797. The highest BCUT2D eigenvalue weighted by Gasteiger charge is 2.33. The number of carbonyl (C=O) groups excluding carboxylic acids is 1. The van der Waals surface area contributed by atoms with Gasteiger partial charge in [-0.15, -0.1) is 0 Å². The van der Waals surface area contributed by atoms with Gasteiger partial charge >= 0.3 is 12.1 Å². The molecule has 0 N–H and O–H groups in total. The fraction of sp³-hybridized carbons (Fsp3) is 0.182. The van der Waals surface area contributed by atoms with Crippen molar-refractivity contribution in [1.82, 2.24) is 10.1 Å². The Morgan fingerprint density at radius 3 is 2.70 bits per heavy atom. The maximum absolute atomic E-state index is 12.6. The zero-order valence-electron chi connectivity index (χ0n) is 9.86. The Kier molecular flexibility index (Phi) is 3.67. The van der Waals surface area contributed by atoms with Crippen LogP contribution in [-0.2, 0) is 10.9 Å². The summed E-state index contributed by atoms with van der Waals surface area (Å²) in [5, 5.41) is 3.32. The highest BCUT2D eigenvalue weighted by Crippen LogP contribution is 2.34. The first kappa shape index (κ1) is 14.3. The zero-order chi connectivity index (χ0) is 14.9. The lowest BCUT2D eigenvalue weighted by atomic mass is 10.1. The van der Waals surface area contributed by atoms with Gasteiger partial charge in [-0.2, -0.15) is 13.2 Å². The molecule has 0 bridgehead atoms. The molecule has 9 heteroatoms. The van der Waals surface area contributed by atoms with Gasteiger partial charge < -0.3 is 9.26 Å². The maximum atomic E-state index is 12.6. The second kappa shape index (κ2) is 5.12. The van der Waals surface area contributed by atoms with Crippen LogP contribution in [0.1, 0.15) is 16.2 Å². The minimum Gasteiger partial charge on any atom is -0.464 e. The van der Waals surface area contributed by atoms with E-state index >= 15 is 0 Å². The molecule has 2 aromatic heterocycles. The Balaban J connectivity index is 2.47. The molecule has 0 aliphatic carbocycles. The van der Waals surface area contributed by atoms with E-state index in [1.807, 2.05) is 0 Å². The van der Waals surface area contributed by atoms with Gasteiger partial charge in [0.25, 0.3) is 0 Å². The summed E-state index contributed by atoms with van der Waals surface area (Å²) < 4.78 is 46.9. The number of hydrogen-bond donors (Lipinski definition) is 0. The molecule has 0 unspecified atom stereocenters. The number of nitrogens with zero attached hydrogens (tertiary/aromatic N) is 2. The first-order valence-corrected chi connectivity index (χ1v) is 5.49. The lowest BCUT2D eigenvalue weighted by Gasteiger charge is -2.07. The summed E-state index contributed by atoms with van der Waals surface area (Å²) in [6, 6.07) is 1.84. The summed E-state index contributed by atoms with van der Waals surface area (Å²) in [5.74, 6) is -0.871. The average molecular weight is 307 g/mol. The standard InChI is InChI=1S/C11H6ClF3N2O3/c1-19-10(18)7-3-8(20-17-7)5-2-9(11(13,14)15)16-4-6(5)12/h2-4H,1H3. The molecule has 0 aromatic carbocycles. The van der Waals surface area contributed by atoms with Crippen molar-refractivity contribution in [3.05, 3.63) is 34.7 Å². The Morgan fingerprint density at radius 2 is 2.10 bits per heavy atom. The van der Waals surface area contributed by atoms with Gasteiger partial charge in [0.05, 0.1) is 12.1 Å². The summed E-state index contributed by atoms with van der Waals surface area (Å²) in [6.45, 7) is 0. The van der Waals surface area contributed by atoms with Crippen LogP contribution in [0.2, 0.25) is 5.02 Å². The lowest BCUT2D eigenvalue weighted by molar-refractivity contribution is -0.141. The monoisotopic (exact) mass is 306 g/mol. The summed E-state index contributed by atoms with van der Waals surface area (Å²) in [6.07, 6.45) is -3.77. The third kappa shape index (κ3) is 2.74. The third-order valence-corrected chi connectivity index (χ3v) is 2.62. The molecule has 0 spiro atoms. The minimum atomic E-state index is -4.62. The molecule has 0 atom stereocenters. The number of esters is 1. The molecule has 0 fully saturated rings. The predicted octanol–water partition coefficient (Wildman–Crippen LogP) is 3.20. The summed E-state index contributed by atoms with van der Waals surface area (Å²) in [7, 11) is 1.14. The number of pyridine rings is 1. The molecular weight excluding hydrogens is 301 g/mol. The smallest absolute Gasteiger partial charge is 0.433 e. The van der Waals surface area contributed by atoms with E-state index in [2.05, 4.69) is 14.9 Å². The van der Waals surface area contributed by atoms with Crippen molar-refractivity contribution < 1.29 is 27.2 Å². The zero-order valence-corrected chi connectivity index (χ0v) is 10.6. The lowest BCUT2D eigenvalue weighted by Crippen LogP contribution is -2.07. The largest absolute Gasteiger partial charge is 0.464 e. The Bertz CT molecular complexity index is 655. The van der Waals surface area contributed by atoms with Crippen LogP contribution >= 0.6 is 11.6 Å². The number of methoxy groups -OCH3 is 1. The SMILES string of the molecule is COC(=O)c1cc(-c2cc(C(F)(F)F)ncc2Cl)on1. The van der Waals surface area contributed by atoms with Gasteiger partial charge in [0.15, 0.2) is 11.5 Å². The first-order valence-electron chi connectivity index (χ1n) is 5.11. The number of carbonyl (C=O) groups is 1. The number of aromatic nitrogens is 2. The fourth-order valence-electron chi connectivity index (χ4n) is 1.39. The highest BCUT2D eigenvalue weighted by atomic mass is 35.5. The van der Waals surface area contributed by atoms with Crippen molar-refractivity contribution in [3.8, 4) is 11.3 Å². The molecule has 0 radical (unpaired) electrons. The van der Waals surface area contributed by atoms with E-state index in [9.17, 15) is 18.0 Å². The van der Waals surface area contributed by atoms with Crippen molar-refractivity contribution in [1.29, 1.82) is 0 Å². The van der Waals surface area contributed by atoms with Crippen LogP contribution in [0.4, 0.5) is 13.2 Å². The molecule has 2 aromatic rings. The highest BCUT2D eigenvalue weighted by molar-refractivity contribution is 6.33. The predicted molar refractivity (Wildman–Crippen MR) is 61.1 cm³/mol. The van der Waals surface area contributed by atoms with Gasteiger partial charge in [0.1, 0.15) is 5.69 Å². The van der Waals surface area contributed by atoms with Crippen LogP contribution in [0.5, 0.6) is 0 Å². The van der Waals surface area contributed by atoms with Crippen molar-refractivity contribution in [2.75, 3.05) is 7.11 Å². The maximum Gasteiger partial charge on any atom is 0.433 e. The molecule has 0 aliphatic heterocycles. The molecule has 106 valence electrons. The van der Waals surface area contributed by atoms with E-state index in [0.717, 1.165) is 19.4 Å². The van der Waals surface area contributed by atoms with Crippen LogP contribution in [0.3, 0.4) is 0 Å².